The molecule has 1 aliphatic rings. The molecule has 1 N–H and O–H groups in total. The number of nitrogens with zero attached hydrogens (tertiary/aromatic N) is 3. The molecule has 1 unspecified atom stereocenters. The Labute approximate surface area is 112 Å². The van der Waals surface area contributed by atoms with E-state index in [2.05, 4.69) is 33.4 Å². The van der Waals surface area contributed by atoms with Gasteiger partial charge in [-0.25, -0.2) is 0 Å². The molecular formula is C14H18N4O. The Bertz CT molecular complexity index is 545. The van der Waals surface area contributed by atoms with E-state index in [4.69, 9.17) is 4.52 Å². The lowest BCUT2D eigenvalue weighted by atomic mass is 10.2. The highest BCUT2D eigenvalue weighted by molar-refractivity contribution is 5.47. The van der Waals surface area contributed by atoms with Crippen LogP contribution in [0.3, 0.4) is 0 Å². The average Bonchev–Trinajstić information content (AvgIpc) is 3.19. The first-order valence-corrected chi connectivity index (χ1v) is 6.72. The highest BCUT2D eigenvalue weighted by atomic mass is 16.5. The summed E-state index contributed by atoms with van der Waals surface area (Å²) in [6.07, 6.45) is 5.24. The van der Waals surface area contributed by atoms with Crippen molar-refractivity contribution in [2.24, 2.45) is 0 Å². The second-order valence-electron chi connectivity index (χ2n) is 5.16. The third-order valence-electron chi connectivity index (χ3n) is 3.50. The van der Waals surface area contributed by atoms with Gasteiger partial charge in [0.05, 0.1) is 0 Å². The van der Waals surface area contributed by atoms with Gasteiger partial charge in [0.25, 0.3) is 5.89 Å². The van der Waals surface area contributed by atoms with E-state index >= 15 is 0 Å². The lowest BCUT2D eigenvalue weighted by Gasteiger charge is -2.04. The summed E-state index contributed by atoms with van der Waals surface area (Å²) in [6.45, 7) is 2.08. The Morgan fingerprint density at radius 1 is 1.42 bits per heavy atom. The molecule has 2 aromatic heterocycles. The van der Waals surface area contributed by atoms with Crippen molar-refractivity contribution in [3.05, 3.63) is 29.7 Å². The number of rotatable bonds is 5. The Balaban J connectivity index is 1.74. The van der Waals surface area contributed by atoms with Crippen LogP contribution in [-0.4, -0.2) is 28.2 Å². The predicted molar refractivity (Wildman–Crippen MR) is 71.7 cm³/mol. The SMILES string of the molecule is CNC(C)Cc1noc(-c2ccc(C3CC3)cn2)n1. The van der Waals surface area contributed by atoms with Crippen molar-refractivity contribution in [2.45, 2.75) is 38.1 Å². The third-order valence-corrected chi connectivity index (χ3v) is 3.50. The van der Waals surface area contributed by atoms with Crippen LogP contribution in [0.25, 0.3) is 11.6 Å². The monoisotopic (exact) mass is 258 g/mol. The van der Waals surface area contributed by atoms with Crippen LogP contribution in [0.4, 0.5) is 0 Å². The zero-order valence-corrected chi connectivity index (χ0v) is 11.3. The fraction of sp³-hybridized carbons (Fsp3) is 0.500. The minimum absolute atomic E-state index is 0.329. The van der Waals surface area contributed by atoms with Crippen molar-refractivity contribution in [3.63, 3.8) is 0 Å². The summed E-state index contributed by atoms with van der Waals surface area (Å²) < 4.78 is 5.26. The van der Waals surface area contributed by atoms with E-state index < -0.39 is 0 Å². The lowest BCUT2D eigenvalue weighted by molar-refractivity contribution is 0.417. The molecule has 5 nitrogen and oxygen atoms in total. The van der Waals surface area contributed by atoms with Gasteiger partial charge in [0.2, 0.25) is 0 Å². The lowest BCUT2D eigenvalue weighted by Crippen LogP contribution is -2.24. The summed E-state index contributed by atoms with van der Waals surface area (Å²) in [5.74, 6) is 1.93. The molecule has 1 fully saturated rings. The highest BCUT2D eigenvalue weighted by Gasteiger charge is 2.23. The number of nitrogens with one attached hydrogen (secondary N) is 1. The number of hydrogen-bond donors (Lipinski definition) is 1. The Kier molecular flexibility index (Phi) is 3.29. The van der Waals surface area contributed by atoms with E-state index in [9.17, 15) is 0 Å². The normalized spacial score (nSPS) is 16.5. The van der Waals surface area contributed by atoms with E-state index in [-0.39, 0.29) is 0 Å². The van der Waals surface area contributed by atoms with Crippen molar-refractivity contribution >= 4 is 0 Å². The molecule has 2 heterocycles. The van der Waals surface area contributed by atoms with Crippen LogP contribution < -0.4 is 5.32 Å². The summed E-state index contributed by atoms with van der Waals surface area (Å²) in [5.41, 5.74) is 2.06. The molecule has 2 aromatic rings. The molecule has 3 rings (SSSR count). The fourth-order valence-corrected chi connectivity index (χ4v) is 2.01. The molecule has 5 heteroatoms. The molecule has 100 valence electrons. The fourth-order valence-electron chi connectivity index (χ4n) is 2.01. The van der Waals surface area contributed by atoms with Gasteiger partial charge < -0.3 is 9.84 Å². The Morgan fingerprint density at radius 3 is 2.89 bits per heavy atom. The molecule has 0 spiro atoms. The summed E-state index contributed by atoms with van der Waals surface area (Å²) in [4.78, 5) is 8.79. The molecule has 1 aliphatic carbocycles. The molecular weight excluding hydrogens is 240 g/mol. The average molecular weight is 258 g/mol. The molecule has 19 heavy (non-hydrogen) atoms. The molecule has 0 radical (unpaired) electrons. The first-order chi connectivity index (χ1) is 9.26. The van der Waals surface area contributed by atoms with E-state index in [1.807, 2.05) is 19.3 Å². The summed E-state index contributed by atoms with van der Waals surface area (Å²) in [6, 6.07) is 4.41. The molecule has 0 aromatic carbocycles. The second-order valence-corrected chi connectivity index (χ2v) is 5.16. The first-order valence-electron chi connectivity index (χ1n) is 6.72. The first kappa shape index (κ1) is 12.3. The highest BCUT2D eigenvalue weighted by Crippen LogP contribution is 2.39. The van der Waals surface area contributed by atoms with Gasteiger partial charge in [0, 0.05) is 18.7 Å². The molecule has 0 amide bonds. The van der Waals surface area contributed by atoms with Gasteiger partial charge in [-0.05, 0) is 44.4 Å². The van der Waals surface area contributed by atoms with Crippen molar-refractivity contribution in [2.75, 3.05) is 7.05 Å². The topological polar surface area (TPSA) is 63.8 Å². The molecule has 1 atom stereocenters. The van der Waals surface area contributed by atoms with Gasteiger partial charge in [-0.2, -0.15) is 4.98 Å². The van der Waals surface area contributed by atoms with Gasteiger partial charge in [-0.3, -0.25) is 4.98 Å². The van der Waals surface area contributed by atoms with Gasteiger partial charge in [-0.1, -0.05) is 11.2 Å². The second kappa shape index (κ2) is 5.09. The Hall–Kier alpha value is -1.75. The molecule has 0 bridgehead atoms. The van der Waals surface area contributed by atoms with E-state index in [1.165, 1.54) is 18.4 Å². The maximum absolute atomic E-state index is 5.26. The van der Waals surface area contributed by atoms with E-state index in [0.717, 1.165) is 18.0 Å². The van der Waals surface area contributed by atoms with Crippen LogP contribution in [0.15, 0.2) is 22.9 Å². The number of pyridine rings is 1. The van der Waals surface area contributed by atoms with E-state index in [1.54, 1.807) is 0 Å². The summed E-state index contributed by atoms with van der Waals surface area (Å²) in [5, 5.41) is 7.14. The van der Waals surface area contributed by atoms with E-state index in [0.29, 0.717) is 17.8 Å². The van der Waals surface area contributed by atoms with Gasteiger partial charge in [-0.15, -0.1) is 0 Å². The maximum Gasteiger partial charge on any atom is 0.276 e. The maximum atomic E-state index is 5.26. The third kappa shape index (κ3) is 2.81. The minimum atomic E-state index is 0.329. The zero-order valence-electron chi connectivity index (χ0n) is 11.3. The number of hydrogen-bond acceptors (Lipinski definition) is 5. The van der Waals surface area contributed by atoms with Crippen molar-refractivity contribution in [3.8, 4) is 11.6 Å². The predicted octanol–water partition coefficient (Wildman–Crippen LogP) is 2.16. The summed E-state index contributed by atoms with van der Waals surface area (Å²) >= 11 is 0. The summed E-state index contributed by atoms with van der Waals surface area (Å²) in [7, 11) is 1.92. The number of likely N-dealkylation sites (N-methyl/N-ethyl adjacent to an activating group) is 1. The quantitative estimate of drug-likeness (QED) is 0.890. The van der Waals surface area contributed by atoms with Crippen LogP contribution in [0.1, 0.15) is 37.1 Å². The molecule has 0 saturated heterocycles. The minimum Gasteiger partial charge on any atom is -0.332 e. The zero-order chi connectivity index (χ0) is 13.2. The largest absolute Gasteiger partial charge is 0.332 e. The van der Waals surface area contributed by atoms with Crippen LogP contribution in [0, 0.1) is 0 Å². The number of aromatic nitrogens is 3. The van der Waals surface area contributed by atoms with Crippen LogP contribution >= 0.6 is 0 Å². The van der Waals surface area contributed by atoms with Crippen molar-refractivity contribution < 1.29 is 4.52 Å². The standard InChI is InChI=1S/C14H18N4O/c1-9(15-2)7-13-17-14(19-18-13)12-6-5-11(8-16-12)10-3-4-10/h5-6,8-10,15H,3-4,7H2,1-2H3. The van der Waals surface area contributed by atoms with Crippen LogP contribution in [0.2, 0.25) is 0 Å². The molecule has 0 aliphatic heterocycles. The Morgan fingerprint density at radius 2 is 2.26 bits per heavy atom. The van der Waals surface area contributed by atoms with Crippen molar-refractivity contribution in [1.82, 2.24) is 20.4 Å². The van der Waals surface area contributed by atoms with Crippen LogP contribution in [-0.2, 0) is 6.42 Å². The smallest absolute Gasteiger partial charge is 0.276 e. The van der Waals surface area contributed by atoms with Crippen LogP contribution in [0.5, 0.6) is 0 Å². The van der Waals surface area contributed by atoms with Crippen molar-refractivity contribution in [1.29, 1.82) is 0 Å². The van der Waals surface area contributed by atoms with Gasteiger partial charge >= 0.3 is 0 Å². The van der Waals surface area contributed by atoms with Gasteiger partial charge in [0.15, 0.2) is 5.82 Å². The van der Waals surface area contributed by atoms with Gasteiger partial charge in [0.1, 0.15) is 5.69 Å². The molecule has 1 saturated carbocycles.